The second-order valence-electron chi connectivity index (χ2n) is 6.06. The van der Waals surface area contributed by atoms with Crippen LogP contribution in [0.15, 0.2) is 53.4 Å². The average Bonchev–Trinajstić information content (AvgIpc) is 2.72. The molecule has 0 spiro atoms. The molecule has 2 aromatic rings. The first-order valence-electron chi connectivity index (χ1n) is 9.15. The van der Waals surface area contributed by atoms with Crippen molar-refractivity contribution in [2.45, 2.75) is 18.2 Å². The molecule has 0 bridgehead atoms. The van der Waals surface area contributed by atoms with Crippen LogP contribution in [0.5, 0.6) is 5.75 Å². The molecule has 1 N–H and O–H groups in total. The molecule has 1 amide bonds. The SMILES string of the molecule is CCOCCCNC(=O)CN(c1ccc(F)cc1)S(=O)(=O)c1ccc(OC)cc1. The number of nitrogens with one attached hydrogen (secondary N) is 1. The van der Waals surface area contributed by atoms with Gasteiger partial charge in [-0.3, -0.25) is 9.10 Å². The van der Waals surface area contributed by atoms with Gasteiger partial charge in [-0.2, -0.15) is 0 Å². The van der Waals surface area contributed by atoms with Crippen molar-refractivity contribution in [2.24, 2.45) is 0 Å². The zero-order valence-electron chi connectivity index (χ0n) is 16.4. The molecule has 0 saturated carbocycles. The van der Waals surface area contributed by atoms with E-state index in [0.717, 1.165) is 16.4 Å². The Bertz CT molecular complexity index is 886. The number of sulfonamides is 1. The van der Waals surface area contributed by atoms with Gasteiger partial charge in [0.05, 0.1) is 17.7 Å². The zero-order chi connectivity index (χ0) is 21.3. The van der Waals surface area contributed by atoms with Crippen LogP contribution in [0.25, 0.3) is 0 Å². The van der Waals surface area contributed by atoms with Crippen molar-refractivity contribution in [3.05, 3.63) is 54.3 Å². The third-order valence-electron chi connectivity index (χ3n) is 4.04. The molecule has 0 aliphatic heterocycles. The van der Waals surface area contributed by atoms with Crippen LogP contribution in [0.3, 0.4) is 0 Å². The lowest BCUT2D eigenvalue weighted by Crippen LogP contribution is -2.41. The lowest BCUT2D eigenvalue weighted by Gasteiger charge is -2.24. The predicted molar refractivity (Wildman–Crippen MR) is 108 cm³/mol. The molecule has 0 saturated heterocycles. The van der Waals surface area contributed by atoms with Gasteiger partial charge < -0.3 is 14.8 Å². The van der Waals surface area contributed by atoms with Crippen molar-refractivity contribution in [1.82, 2.24) is 5.32 Å². The Balaban J connectivity index is 2.22. The first-order valence-corrected chi connectivity index (χ1v) is 10.6. The fraction of sp³-hybridized carbons (Fsp3) is 0.350. The molecule has 0 aliphatic rings. The minimum Gasteiger partial charge on any atom is -0.497 e. The highest BCUT2D eigenvalue weighted by Crippen LogP contribution is 2.25. The molecule has 0 heterocycles. The van der Waals surface area contributed by atoms with Gasteiger partial charge >= 0.3 is 0 Å². The molecule has 29 heavy (non-hydrogen) atoms. The Morgan fingerprint density at radius 1 is 1.10 bits per heavy atom. The van der Waals surface area contributed by atoms with Crippen molar-refractivity contribution in [3.8, 4) is 5.75 Å². The number of hydrogen-bond acceptors (Lipinski definition) is 5. The lowest BCUT2D eigenvalue weighted by molar-refractivity contribution is -0.119. The van der Waals surface area contributed by atoms with Crippen LogP contribution in [0.1, 0.15) is 13.3 Å². The van der Waals surface area contributed by atoms with Crippen LogP contribution in [-0.2, 0) is 19.6 Å². The summed E-state index contributed by atoms with van der Waals surface area (Å²) in [5.41, 5.74) is 0.187. The van der Waals surface area contributed by atoms with Crippen LogP contribution < -0.4 is 14.4 Å². The number of halogens is 1. The van der Waals surface area contributed by atoms with Gasteiger partial charge in [0.15, 0.2) is 0 Å². The molecule has 2 aromatic carbocycles. The summed E-state index contributed by atoms with van der Waals surface area (Å²) >= 11 is 0. The second-order valence-corrected chi connectivity index (χ2v) is 7.93. The van der Waals surface area contributed by atoms with E-state index in [1.54, 1.807) is 0 Å². The van der Waals surface area contributed by atoms with Crippen molar-refractivity contribution < 1.29 is 27.1 Å². The summed E-state index contributed by atoms with van der Waals surface area (Å²) in [5.74, 6) is -0.469. The topological polar surface area (TPSA) is 84.9 Å². The van der Waals surface area contributed by atoms with Gasteiger partial charge in [-0.1, -0.05) is 0 Å². The maximum atomic E-state index is 13.3. The maximum absolute atomic E-state index is 13.3. The number of rotatable bonds is 11. The van der Waals surface area contributed by atoms with Crippen LogP contribution in [0, 0.1) is 5.82 Å². The van der Waals surface area contributed by atoms with Crippen LogP contribution in [0.4, 0.5) is 10.1 Å². The number of nitrogens with zero attached hydrogens (tertiary/aromatic N) is 1. The molecule has 0 atom stereocenters. The number of benzene rings is 2. The number of methoxy groups -OCH3 is 1. The maximum Gasteiger partial charge on any atom is 0.264 e. The fourth-order valence-corrected chi connectivity index (χ4v) is 3.95. The van der Waals surface area contributed by atoms with E-state index in [4.69, 9.17) is 9.47 Å². The van der Waals surface area contributed by atoms with Crippen LogP contribution in [-0.4, -0.2) is 47.7 Å². The largest absolute Gasteiger partial charge is 0.497 e. The van der Waals surface area contributed by atoms with Gasteiger partial charge in [-0.25, -0.2) is 12.8 Å². The number of amides is 1. The third kappa shape index (κ3) is 6.43. The van der Waals surface area contributed by atoms with E-state index >= 15 is 0 Å². The van der Waals surface area contributed by atoms with Gasteiger partial charge in [0.2, 0.25) is 5.91 Å². The molecular formula is C20H25FN2O5S. The molecule has 0 radical (unpaired) electrons. The fourth-order valence-electron chi connectivity index (χ4n) is 2.53. The first kappa shape index (κ1) is 22.6. The minimum absolute atomic E-state index is 0.00762. The van der Waals surface area contributed by atoms with E-state index in [9.17, 15) is 17.6 Å². The average molecular weight is 424 g/mol. The van der Waals surface area contributed by atoms with Crippen LogP contribution in [0.2, 0.25) is 0 Å². The highest BCUT2D eigenvalue weighted by atomic mass is 32.2. The monoisotopic (exact) mass is 424 g/mol. The van der Waals surface area contributed by atoms with Gasteiger partial charge in [-0.15, -0.1) is 0 Å². The summed E-state index contributed by atoms with van der Waals surface area (Å²) in [6.07, 6.45) is 0.612. The minimum atomic E-state index is -4.06. The molecule has 2 rings (SSSR count). The van der Waals surface area contributed by atoms with Gasteiger partial charge in [0.1, 0.15) is 18.1 Å². The van der Waals surface area contributed by atoms with Crippen LogP contribution >= 0.6 is 0 Å². The summed E-state index contributed by atoms with van der Waals surface area (Å²) in [5, 5.41) is 2.68. The Labute approximate surface area is 170 Å². The van der Waals surface area contributed by atoms with E-state index < -0.39 is 28.3 Å². The number of ether oxygens (including phenoxy) is 2. The zero-order valence-corrected chi connectivity index (χ0v) is 17.2. The van der Waals surface area contributed by atoms with E-state index in [1.807, 2.05) is 6.92 Å². The van der Waals surface area contributed by atoms with E-state index in [-0.39, 0.29) is 10.6 Å². The summed E-state index contributed by atoms with van der Waals surface area (Å²) in [6.45, 7) is 2.89. The number of anilines is 1. The molecular weight excluding hydrogens is 399 g/mol. The van der Waals surface area contributed by atoms with Crippen molar-refractivity contribution >= 4 is 21.6 Å². The molecule has 0 unspecified atom stereocenters. The number of hydrogen-bond donors (Lipinski definition) is 1. The standard InChI is InChI=1S/C20H25FN2O5S/c1-3-28-14-4-13-22-20(24)15-23(17-7-5-16(21)6-8-17)29(25,26)19-11-9-18(27-2)10-12-19/h5-12H,3-4,13-15H2,1-2H3,(H,22,24). The first-order chi connectivity index (χ1) is 13.9. The Hall–Kier alpha value is -2.65. The molecule has 7 nitrogen and oxygen atoms in total. The number of carbonyl (C=O) groups excluding carboxylic acids is 1. The smallest absolute Gasteiger partial charge is 0.264 e. The lowest BCUT2D eigenvalue weighted by atomic mass is 10.3. The highest BCUT2D eigenvalue weighted by molar-refractivity contribution is 7.92. The molecule has 0 aromatic heterocycles. The quantitative estimate of drug-likeness (QED) is 0.561. The van der Waals surface area contributed by atoms with Crippen molar-refractivity contribution in [3.63, 3.8) is 0 Å². The van der Waals surface area contributed by atoms with Gasteiger partial charge in [-0.05, 0) is 61.9 Å². The molecule has 9 heteroatoms. The summed E-state index contributed by atoms with van der Waals surface area (Å²) < 4.78 is 50.8. The van der Waals surface area contributed by atoms with E-state index in [1.165, 1.54) is 43.5 Å². The molecule has 0 aliphatic carbocycles. The van der Waals surface area contributed by atoms with E-state index in [0.29, 0.717) is 31.9 Å². The third-order valence-corrected chi connectivity index (χ3v) is 5.83. The normalized spacial score (nSPS) is 11.1. The number of carbonyl (C=O) groups is 1. The Morgan fingerprint density at radius 2 is 1.76 bits per heavy atom. The summed E-state index contributed by atoms with van der Waals surface area (Å²) in [4.78, 5) is 12.3. The van der Waals surface area contributed by atoms with E-state index in [2.05, 4.69) is 5.32 Å². The second kappa shape index (κ2) is 10.8. The Kier molecular flexibility index (Phi) is 8.41. The summed E-state index contributed by atoms with van der Waals surface area (Å²) in [6, 6.07) is 10.7. The van der Waals surface area contributed by atoms with Crippen molar-refractivity contribution in [1.29, 1.82) is 0 Å². The van der Waals surface area contributed by atoms with Gasteiger partial charge in [0.25, 0.3) is 10.0 Å². The molecule has 158 valence electrons. The van der Waals surface area contributed by atoms with Gasteiger partial charge in [0, 0.05) is 19.8 Å². The molecule has 0 fully saturated rings. The Morgan fingerprint density at radius 3 is 2.34 bits per heavy atom. The van der Waals surface area contributed by atoms with Crippen molar-refractivity contribution in [2.75, 3.05) is 37.7 Å². The highest BCUT2D eigenvalue weighted by Gasteiger charge is 2.27. The predicted octanol–water partition coefficient (Wildman–Crippen LogP) is 2.57. The summed E-state index contributed by atoms with van der Waals surface area (Å²) in [7, 11) is -2.58.